The van der Waals surface area contributed by atoms with Gasteiger partial charge in [-0.1, -0.05) is 0 Å². The Morgan fingerprint density at radius 2 is 1.90 bits per heavy atom. The number of carbonyl (C=O) groups is 2. The normalized spacial score (nSPS) is 11.1. The van der Waals surface area contributed by atoms with E-state index in [0.29, 0.717) is 6.07 Å². The highest BCUT2D eigenvalue weighted by molar-refractivity contribution is 5.97. The van der Waals surface area contributed by atoms with Gasteiger partial charge in [0.05, 0.1) is 12.2 Å². The third kappa shape index (κ3) is 4.54. The smallest absolute Gasteiger partial charge is 0.395 e. The zero-order chi connectivity index (χ0) is 15.3. The molecule has 0 saturated carbocycles. The Kier molecular flexibility index (Phi) is 5.09. The van der Waals surface area contributed by atoms with Gasteiger partial charge in [-0.2, -0.15) is 13.2 Å². The second-order valence-corrected chi connectivity index (χ2v) is 3.96. The maximum absolute atomic E-state index is 12.7. The van der Waals surface area contributed by atoms with Crippen molar-refractivity contribution in [2.45, 2.75) is 13.1 Å². The molecule has 0 unspecified atom stereocenters. The standard InChI is InChI=1S/C12H13F3N2O3/c1-7(19)17-10-5-8(11(20)16-2-3-18)4-9(6-10)12(13,14)15/h4-6,18H,2-3H2,1H3,(H,16,20)(H,17,19). The first-order valence-corrected chi connectivity index (χ1v) is 5.63. The molecule has 1 aromatic rings. The van der Waals surface area contributed by atoms with Crippen molar-refractivity contribution in [1.82, 2.24) is 5.32 Å². The number of nitrogens with one attached hydrogen (secondary N) is 2. The number of hydrogen-bond acceptors (Lipinski definition) is 3. The second kappa shape index (κ2) is 6.38. The molecule has 0 saturated heterocycles. The average Bonchev–Trinajstić information content (AvgIpc) is 2.33. The van der Waals surface area contributed by atoms with Crippen LogP contribution in [0.5, 0.6) is 0 Å². The minimum Gasteiger partial charge on any atom is -0.395 e. The van der Waals surface area contributed by atoms with E-state index in [4.69, 9.17) is 5.11 Å². The van der Waals surface area contributed by atoms with Crippen molar-refractivity contribution in [1.29, 1.82) is 0 Å². The number of hydrogen-bond donors (Lipinski definition) is 3. The van der Waals surface area contributed by atoms with E-state index >= 15 is 0 Å². The number of anilines is 1. The Labute approximate surface area is 112 Å². The monoisotopic (exact) mass is 290 g/mol. The first-order valence-electron chi connectivity index (χ1n) is 5.63. The van der Waals surface area contributed by atoms with Crippen molar-refractivity contribution in [2.75, 3.05) is 18.5 Å². The van der Waals surface area contributed by atoms with Crippen LogP contribution in [0.25, 0.3) is 0 Å². The van der Waals surface area contributed by atoms with Crippen molar-refractivity contribution >= 4 is 17.5 Å². The summed E-state index contributed by atoms with van der Waals surface area (Å²) in [6, 6.07) is 2.55. The summed E-state index contributed by atoms with van der Waals surface area (Å²) in [6.07, 6.45) is -4.64. The molecule has 0 aliphatic rings. The highest BCUT2D eigenvalue weighted by Gasteiger charge is 2.31. The number of aliphatic hydroxyl groups excluding tert-OH is 1. The van der Waals surface area contributed by atoms with Crippen molar-refractivity contribution in [3.63, 3.8) is 0 Å². The van der Waals surface area contributed by atoms with Crippen molar-refractivity contribution in [3.05, 3.63) is 29.3 Å². The molecule has 1 rings (SSSR count). The van der Waals surface area contributed by atoms with Gasteiger partial charge in [-0.3, -0.25) is 9.59 Å². The van der Waals surface area contributed by atoms with E-state index in [1.807, 2.05) is 0 Å². The van der Waals surface area contributed by atoms with Crippen LogP contribution < -0.4 is 10.6 Å². The Balaban J connectivity index is 3.16. The molecule has 2 amide bonds. The van der Waals surface area contributed by atoms with Crippen LogP contribution in [0, 0.1) is 0 Å². The fourth-order valence-electron chi connectivity index (χ4n) is 1.47. The quantitative estimate of drug-likeness (QED) is 0.784. The number of alkyl halides is 3. The summed E-state index contributed by atoms with van der Waals surface area (Å²) in [5.41, 5.74) is -1.42. The second-order valence-electron chi connectivity index (χ2n) is 3.96. The Morgan fingerprint density at radius 1 is 1.25 bits per heavy atom. The van der Waals surface area contributed by atoms with Crippen LogP contribution in [0.4, 0.5) is 18.9 Å². The topological polar surface area (TPSA) is 78.4 Å². The van der Waals surface area contributed by atoms with Gasteiger partial charge in [-0.05, 0) is 18.2 Å². The number of carbonyl (C=O) groups excluding carboxylic acids is 2. The highest BCUT2D eigenvalue weighted by Crippen LogP contribution is 2.32. The van der Waals surface area contributed by atoms with Gasteiger partial charge in [0, 0.05) is 24.7 Å². The summed E-state index contributed by atoms with van der Waals surface area (Å²) in [5.74, 6) is -1.32. The van der Waals surface area contributed by atoms with Gasteiger partial charge in [-0.25, -0.2) is 0 Å². The fourth-order valence-corrected chi connectivity index (χ4v) is 1.47. The summed E-state index contributed by atoms with van der Waals surface area (Å²) in [6.45, 7) is 0.736. The molecule has 20 heavy (non-hydrogen) atoms. The number of amides is 2. The van der Waals surface area contributed by atoms with E-state index in [9.17, 15) is 22.8 Å². The Hall–Kier alpha value is -2.09. The van der Waals surface area contributed by atoms with Crippen LogP contribution in [-0.4, -0.2) is 30.1 Å². The number of halogens is 3. The Bertz CT molecular complexity index is 515. The summed E-state index contributed by atoms with van der Waals surface area (Å²) < 4.78 is 38.1. The molecule has 110 valence electrons. The lowest BCUT2D eigenvalue weighted by Crippen LogP contribution is -2.27. The van der Waals surface area contributed by atoms with Gasteiger partial charge in [0.25, 0.3) is 5.91 Å². The summed E-state index contributed by atoms with van der Waals surface area (Å²) >= 11 is 0. The molecule has 0 heterocycles. The molecule has 0 spiro atoms. The van der Waals surface area contributed by atoms with Gasteiger partial charge < -0.3 is 15.7 Å². The van der Waals surface area contributed by atoms with Crippen molar-refractivity contribution in [3.8, 4) is 0 Å². The molecule has 1 aromatic carbocycles. The zero-order valence-corrected chi connectivity index (χ0v) is 10.5. The van der Waals surface area contributed by atoms with Crippen LogP contribution in [0.1, 0.15) is 22.8 Å². The molecule has 5 nitrogen and oxygen atoms in total. The molecule has 8 heteroatoms. The third-order valence-corrected chi connectivity index (χ3v) is 2.24. The molecule has 0 radical (unpaired) electrons. The number of aliphatic hydroxyl groups is 1. The summed E-state index contributed by atoms with van der Waals surface area (Å²) in [4.78, 5) is 22.5. The van der Waals surface area contributed by atoms with Crippen LogP contribution >= 0.6 is 0 Å². The van der Waals surface area contributed by atoms with Gasteiger partial charge >= 0.3 is 6.18 Å². The lowest BCUT2D eigenvalue weighted by atomic mass is 10.1. The van der Waals surface area contributed by atoms with E-state index < -0.39 is 23.6 Å². The SMILES string of the molecule is CC(=O)Nc1cc(C(=O)NCCO)cc(C(F)(F)F)c1. The van der Waals surface area contributed by atoms with Crippen LogP contribution in [0.15, 0.2) is 18.2 Å². The molecule has 0 aliphatic heterocycles. The van der Waals surface area contributed by atoms with Crippen molar-refractivity contribution < 1.29 is 27.9 Å². The minimum atomic E-state index is -4.64. The van der Waals surface area contributed by atoms with Gasteiger partial charge in [0.1, 0.15) is 0 Å². The molecule has 0 atom stereocenters. The number of benzene rings is 1. The number of rotatable bonds is 4. The van der Waals surface area contributed by atoms with Gasteiger partial charge in [-0.15, -0.1) is 0 Å². The highest BCUT2D eigenvalue weighted by atomic mass is 19.4. The average molecular weight is 290 g/mol. The molecule has 3 N–H and O–H groups in total. The summed E-state index contributed by atoms with van der Waals surface area (Å²) in [5, 5.41) is 13.0. The first-order chi connectivity index (χ1) is 9.24. The summed E-state index contributed by atoms with van der Waals surface area (Å²) in [7, 11) is 0. The van der Waals surface area contributed by atoms with Gasteiger partial charge in [0.2, 0.25) is 5.91 Å². The zero-order valence-electron chi connectivity index (χ0n) is 10.5. The lowest BCUT2D eigenvalue weighted by Gasteiger charge is -2.12. The maximum atomic E-state index is 12.7. The van der Waals surface area contributed by atoms with Crippen molar-refractivity contribution in [2.24, 2.45) is 0 Å². The third-order valence-electron chi connectivity index (χ3n) is 2.24. The maximum Gasteiger partial charge on any atom is 0.416 e. The van der Waals surface area contributed by atoms with Gasteiger partial charge in [0.15, 0.2) is 0 Å². The van der Waals surface area contributed by atoms with E-state index in [1.54, 1.807) is 0 Å². The van der Waals surface area contributed by atoms with Crippen LogP contribution in [0.3, 0.4) is 0 Å². The van der Waals surface area contributed by atoms with Crippen LogP contribution in [-0.2, 0) is 11.0 Å². The fraction of sp³-hybridized carbons (Fsp3) is 0.333. The van der Waals surface area contributed by atoms with E-state index in [0.717, 1.165) is 19.1 Å². The molecular formula is C12H13F3N2O3. The van der Waals surface area contributed by atoms with Crippen LogP contribution in [0.2, 0.25) is 0 Å². The van der Waals surface area contributed by atoms with E-state index in [-0.39, 0.29) is 24.4 Å². The molecule has 0 fully saturated rings. The Morgan fingerprint density at radius 3 is 2.40 bits per heavy atom. The predicted octanol–water partition coefficient (Wildman–Crippen LogP) is 1.39. The molecular weight excluding hydrogens is 277 g/mol. The molecule has 0 aromatic heterocycles. The largest absolute Gasteiger partial charge is 0.416 e. The molecule has 0 bridgehead atoms. The molecule has 0 aliphatic carbocycles. The predicted molar refractivity (Wildman–Crippen MR) is 65.2 cm³/mol. The lowest BCUT2D eigenvalue weighted by molar-refractivity contribution is -0.137. The van der Waals surface area contributed by atoms with E-state index in [1.165, 1.54) is 0 Å². The van der Waals surface area contributed by atoms with E-state index in [2.05, 4.69) is 10.6 Å². The first kappa shape index (κ1) is 16.0. The minimum absolute atomic E-state index is 0.0788.